The van der Waals surface area contributed by atoms with E-state index in [1.54, 1.807) is 37.5 Å². The molecule has 3 heterocycles. The monoisotopic (exact) mass is 386 g/mol. The summed E-state index contributed by atoms with van der Waals surface area (Å²) in [5.41, 5.74) is 1.52. The fourth-order valence-corrected chi connectivity index (χ4v) is 3.56. The molecule has 4 rings (SSSR count). The van der Waals surface area contributed by atoms with E-state index in [1.165, 1.54) is 11.4 Å². The molecule has 0 radical (unpaired) electrons. The lowest BCUT2D eigenvalue weighted by atomic mass is 9.98. The van der Waals surface area contributed by atoms with Crippen LogP contribution in [0.4, 0.5) is 19.0 Å². The van der Waals surface area contributed by atoms with Crippen molar-refractivity contribution in [3.63, 3.8) is 0 Å². The lowest BCUT2D eigenvalue weighted by Gasteiger charge is -2.11. The zero-order valence-electron chi connectivity index (χ0n) is 15.4. The Morgan fingerprint density at radius 1 is 1.11 bits per heavy atom. The maximum Gasteiger partial charge on any atom is 0.435 e. The van der Waals surface area contributed by atoms with Crippen LogP contribution in [0.2, 0.25) is 0 Å². The lowest BCUT2D eigenvalue weighted by molar-refractivity contribution is -0.141. The van der Waals surface area contributed by atoms with Crippen LogP contribution in [0.15, 0.2) is 41.3 Å². The Morgan fingerprint density at radius 3 is 2.54 bits per heavy atom. The number of H-pyrrole nitrogens is 1. The summed E-state index contributed by atoms with van der Waals surface area (Å²) >= 11 is 0. The zero-order valence-corrected chi connectivity index (χ0v) is 15.4. The first-order valence-electron chi connectivity index (χ1n) is 8.62. The molecule has 144 valence electrons. The van der Waals surface area contributed by atoms with Gasteiger partial charge in [-0.05, 0) is 54.6 Å². The number of anilines is 1. The van der Waals surface area contributed by atoms with Crippen LogP contribution in [-0.4, -0.2) is 21.6 Å². The van der Waals surface area contributed by atoms with Crippen LogP contribution in [0.25, 0.3) is 27.4 Å². The van der Waals surface area contributed by atoms with Crippen molar-refractivity contribution in [1.82, 2.24) is 14.6 Å². The van der Waals surface area contributed by atoms with Crippen molar-refractivity contribution >= 4 is 22.1 Å². The molecule has 0 aliphatic heterocycles. The second-order valence-electron chi connectivity index (χ2n) is 6.68. The van der Waals surface area contributed by atoms with Gasteiger partial charge in [-0.1, -0.05) is 6.07 Å². The number of nitrogens with zero attached hydrogens (tertiary/aromatic N) is 2. The highest BCUT2D eigenvalue weighted by Gasteiger charge is 2.37. The minimum absolute atomic E-state index is 0.0577. The van der Waals surface area contributed by atoms with Crippen molar-refractivity contribution in [2.24, 2.45) is 0 Å². The smallest absolute Gasteiger partial charge is 0.373 e. The van der Waals surface area contributed by atoms with E-state index in [-0.39, 0.29) is 11.1 Å². The Labute approximate surface area is 157 Å². The highest BCUT2D eigenvalue weighted by Crippen LogP contribution is 2.37. The third kappa shape index (κ3) is 2.64. The van der Waals surface area contributed by atoms with Crippen molar-refractivity contribution in [3.8, 4) is 11.1 Å². The van der Waals surface area contributed by atoms with Gasteiger partial charge in [-0.3, -0.25) is 4.79 Å². The number of nitrogens with one attached hydrogen (secondary N) is 2. The Balaban J connectivity index is 2.07. The molecule has 0 spiro atoms. The van der Waals surface area contributed by atoms with E-state index in [0.717, 1.165) is 10.9 Å². The second-order valence-corrected chi connectivity index (χ2v) is 6.68. The predicted octanol–water partition coefficient (Wildman–Crippen LogP) is 4.52. The standard InChI is InChI=1S/C20H17F3N4O/c1-10-9-25-19(28)14-5-4-12(8-15(10)14)13-6-7-16(24-3)27-17(13)11(2)18(26-27)20(21,22)23/h4-9,24H,1-3H3,(H,25,28). The molecule has 2 N–H and O–H groups in total. The van der Waals surface area contributed by atoms with Gasteiger partial charge in [0.25, 0.3) is 5.56 Å². The molecule has 0 saturated carbocycles. The van der Waals surface area contributed by atoms with E-state index in [4.69, 9.17) is 0 Å². The summed E-state index contributed by atoms with van der Waals surface area (Å²) in [5.74, 6) is 0.450. The molecule has 8 heteroatoms. The number of aryl methyl sites for hydroxylation is 2. The van der Waals surface area contributed by atoms with Crippen LogP contribution in [-0.2, 0) is 6.18 Å². The molecule has 28 heavy (non-hydrogen) atoms. The van der Waals surface area contributed by atoms with Gasteiger partial charge in [0, 0.05) is 29.8 Å². The molecule has 0 unspecified atom stereocenters. The number of rotatable bonds is 2. The molecule has 0 aliphatic rings. The number of pyridine rings is 2. The van der Waals surface area contributed by atoms with Gasteiger partial charge in [-0.25, -0.2) is 4.52 Å². The summed E-state index contributed by atoms with van der Waals surface area (Å²) in [4.78, 5) is 14.7. The first-order chi connectivity index (χ1) is 13.2. The van der Waals surface area contributed by atoms with Crippen LogP contribution in [0.1, 0.15) is 16.8 Å². The van der Waals surface area contributed by atoms with Gasteiger partial charge in [0.05, 0.1) is 5.52 Å². The Hall–Kier alpha value is -3.29. The van der Waals surface area contributed by atoms with E-state index in [2.05, 4.69) is 15.4 Å². The van der Waals surface area contributed by atoms with Gasteiger partial charge < -0.3 is 10.3 Å². The first-order valence-corrected chi connectivity index (χ1v) is 8.62. The number of benzene rings is 1. The van der Waals surface area contributed by atoms with Crippen molar-refractivity contribution in [2.45, 2.75) is 20.0 Å². The Morgan fingerprint density at radius 2 is 1.86 bits per heavy atom. The fourth-order valence-electron chi connectivity index (χ4n) is 3.56. The fraction of sp³-hybridized carbons (Fsp3) is 0.200. The molecule has 0 aliphatic carbocycles. The second kappa shape index (κ2) is 6.12. The van der Waals surface area contributed by atoms with Crippen molar-refractivity contribution in [2.75, 3.05) is 12.4 Å². The number of fused-ring (bicyclic) bond motifs is 2. The maximum absolute atomic E-state index is 13.4. The first kappa shape index (κ1) is 18.1. The molecular formula is C20H17F3N4O. The van der Waals surface area contributed by atoms with E-state index >= 15 is 0 Å². The number of aromatic nitrogens is 3. The molecule has 0 fully saturated rings. The molecule has 5 nitrogen and oxygen atoms in total. The normalized spacial score (nSPS) is 12.1. The highest BCUT2D eigenvalue weighted by molar-refractivity contribution is 5.93. The maximum atomic E-state index is 13.4. The topological polar surface area (TPSA) is 62.2 Å². The van der Waals surface area contributed by atoms with Crippen LogP contribution in [0.5, 0.6) is 0 Å². The lowest BCUT2D eigenvalue weighted by Crippen LogP contribution is -2.08. The molecule has 0 atom stereocenters. The zero-order chi connectivity index (χ0) is 20.2. The van der Waals surface area contributed by atoms with Crippen molar-refractivity contribution < 1.29 is 13.2 Å². The minimum atomic E-state index is -4.55. The molecule has 0 bridgehead atoms. The van der Waals surface area contributed by atoms with Gasteiger partial charge in [0.15, 0.2) is 5.69 Å². The van der Waals surface area contributed by atoms with E-state index < -0.39 is 11.9 Å². The summed E-state index contributed by atoms with van der Waals surface area (Å²) in [6.07, 6.45) is -2.92. The van der Waals surface area contributed by atoms with Gasteiger partial charge in [0.1, 0.15) is 5.82 Å². The van der Waals surface area contributed by atoms with Crippen LogP contribution in [0, 0.1) is 13.8 Å². The quantitative estimate of drug-likeness (QED) is 0.532. The third-order valence-electron chi connectivity index (χ3n) is 4.96. The predicted molar refractivity (Wildman–Crippen MR) is 103 cm³/mol. The van der Waals surface area contributed by atoms with Crippen molar-refractivity contribution in [1.29, 1.82) is 0 Å². The van der Waals surface area contributed by atoms with Crippen molar-refractivity contribution in [3.05, 3.63) is 63.7 Å². The summed E-state index contributed by atoms with van der Waals surface area (Å²) in [6.45, 7) is 3.29. The minimum Gasteiger partial charge on any atom is -0.373 e. The van der Waals surface area contributed by atoms with Gasteiger partial charge in [-0.15, -0.1) is 0 Å². The number of halogens is 3. The highest BCUT2D eigenvalue weighted by atomic mass is 19.4. The summed E-state index contributed by atoms with van der Waals surface area (Å²) in [7, 11) is 1.63. The molecule has 4 aromatic rings. The van der Waals surface area contributed by atoms with Gasteiger partial charge in [-0.2, -0.15) is 18.3 Å². The molecule has 0 amide bonds. The number of alkyl halides is 3. The Kier molecular flexibility index (Phi) is 3.95. The van der Waals surface area contributed by atoms with Crippen LogP contribution >= 0.6 is 0 Å². The van der Waals surface area contributed by atoms with Gasteiger partial charge in [0.2, 0.25) is 0 Å². The van der Waals surface area contributed by atoms with Crippen LogP contribution in [0.3, 0.4) is 0 Å². The largest absolute Gasteiger partial charge is 0.435 e. The Bertz CT molecular complexity index is 1280. The SMILES string of the molecule is CNc1ccc(-c2ccc3c(=O)[nH]cc(C)c3c2)c2c(C)c(C(F)(F)F)nn12. The molecule has 0 saturated heterocycles. The summed E-state index contributed by atoms with van der Waals surface area (Å²) in [6, 6.07) is 8.71. The van der Waals surface area contributed by atoms with Crippen LogP contribution < -0.4 is 10.9 Å². The molecule has 3 aromatic heterocycles. The number of aromatic amines is 1. The van der Waals surface area contributed by atoms with Gasteiger partial charge >= 0.3 is 6.18 Å². The molecule has 1 aromatic carbocycles. The van der Waals surface area contributed by atoms with E-state index in [9.17, 15) is 18.0 Å². The summed E-state index contributed by atoms with van der Waals surface area (Å²) < 4.78 is 41.6. The van der Waals surface area contributed by atoms with E-state index in [1.807, 2.05) is 13.0 Å². The third-order valence-corrected chi connectivity index (χ3v) is 4.96. The average Bonchev–Trinajstić information content (AvgIpc) is 3.02. The average molecular weight is 386 g/mol. The number of hydrogen-bond acceptors (Lipinski definition) is 3. The number of hydrogen-bond donors (Lipinski definition) is 2. The molecular weight excluding hydrogens is 369 g/mol. The summed E-state index contributed by atoms with van der Waals surface area (Å²) in [5, 5.41) is 7.97. The van der Waals surface area contributed by atoms with E-state index in [0.29, 0.717) is 27.8 Å².